The van der Waals surface area contributed by atoms with Gasteiger partial charge in [0.1, 0.15) is 11.5 Å². The normalized spacial score (nSPS) is 16.6. The van der Waals surface area contributed by atoms with Gasteiger partial charge in [-0.05, 0) is 49.2 Å². The van der Waals surface area contributed by atoms with Gasteiger partial charge in [-0.15, -0.1) is 10.2 Å². The summed E-state index contributed by atoms with van der Waals surface area (Å²) in [4.78, 5) is 20.4. The summed E-state index contributed by atoms with van der Waals surface area (Å²) in [7, 11) is 0. The lowest BCUT2D eigenvalue weighted by molar-refractivity contribution is 0.0706. The zero-order valence-corrected chi connectivity index (χ0v) is 17.4. The Hall–Kier alpha value is -4.00. The molecule has 6 rings (SSSR count). The van der Waals surface area contributed by atoms with Gasteiger partial charge < -0.3 is 9.32 Å². The van der Waals surface area contributed by atoms with Gasteiger partial charge in [-0.1, -0.05) is 24.3 Å². The van der Waals surface area contributed by atoms with Crippen LogP contribution < -0.4 is 0 Å². The molecule has 1 aromatic carbocycles. The number of carbonyl (C=O) groups excluding carboxylic acids is 1. The Kier molecular flexibility index (Phi) is 4.45. The highest BCUT2D eigenvalue weighted by molar-refractivity contribution is 6.07. The van der Waals surface area contributed by atoms with Crippen molar-refractivity contribution in [3.63, 3.8) is 0 Å². The molecule has 5 heterocycles. The van der Waals surface area contributed by atoms with Gasteiger partial charge >= 0.3 is 0 Å². The predicted molar refractivity (Wildman–Crippen MR) is 120 cm³/mol. The molecular formula is C25H21N5O2. The van der Waals surface area contributed by atoms with Crippen LogP contribution in [0.2, 0.25) is 0 Å². The van der Waals surface area contributed by atoms with Crippen molar-refractivity contribution in [2.24, 2.45) is 0 Å². The van der Waals surface area contributed by atoms with Crippen molar-refractivity contribution in [1.82, 2.24) is 24.5 Å². The van der Waals surface area contributed by atoms with E-state index in [0.29, 0.717) is 23.6 Å². The number of likely N-dealkylation sites (tertiary alicyclic amines) is 1. The lowest BCUT2D eigenvalue weighted by Crippen LogP contribution is -2.39. The standard InChI is InChI=1S/C25H21N5O2/c31-25(19-15-21(22-10-6-14-32-22)26-20-9-2-1-8-18(19)20)29-12-5-7-17(16-29)24-28-27-23-11-3-4-13-30(23)24/h1-4,6,8-11,13-15,17H,5,7,12,16H2. The number of pyridine rings is 2. The molecule has 0 radical (unpaired) electrons. The van der Waals surface area contributed by atoms with Gasteiger partial charge in [-0.25, -0.2) is 4.98 Å². The zero-order chi connectivity index (χ0) is 21.5. The van der Waals surface area contributed by atoms with Crippen LogP contribution in [0.4, 0.5) is 0 Å². The molecule has 1 fully saturated rings. The number of aromatic nitrogens is 4. The fourth-order valence-corrected chi connectivity index (χ4v) is 4.58. The molecule has 1 aliphatic rings. The summed E-state index contributed by atoms with van der Waals surface area (Å²) in [6.45, 7) is 1.33. The monoisotopic (exact) mass is 423 g/mol. The Labute approximate surface area is 184 Å². The van der Waals surface area contributed by atoms with Gasteiger partial charge in [-0.2, -0.15) is 0 Å². The molecule has 7 heteroatoms. The zero-order valence-electron chi connectivity index (χ0n) is 17.4. The fourth-order valence-electron chi connectivity index (χ4n) is 4.58. The van der Waals surface area contributed by atoms with Gasteiger partial charge in [0.25, 0.3) is 5.91 Å². The number of hydrogen-bond acceptors (Lipinski definition) is 5. The summed E-state index contributed by atoms with van der Waals surface area (Å²) >= 11 is 0. The van der Waals surface area contributed by atoms with E-state index in [0.717, 1.165) is 41.8 Å². The lowest BCUT2D eigenvalue weighted by atomic mass is 9.96. The number of nitrogens with zero attached hydrogens (tertiary/aromatic N) is 5. The molecule has 1 amide bonds. The Morgan fingerprint density at radius 1 is 1.03 bits per heavy atom. The maximum Gasteiger partial charge on any atom is 0.254 e. The summed E-state index contributed by atoms with van der Waals surface area (Å²) in [5.41, 5.74) is 2.92. The van der Waals surface area contributed by atoms with E-state index in [-0.39, 0.29) is 11.8 Å². The highest BCUT2D eigenvalue weighted by atomic mass is 16.3. The predicted octanol–water partition coefficient (Wildman–Crippen LogP) is 4.56. The third-order valence-corrected chi connectivity index (χ3v) is 6.13. The van der Waals surface area contributed by atoms with Crippen molar-refractivity contribution in [2.75, 3.05) is 13.1 Å². The highest BCUT2D eigenvalue weighted by Gasteiger charge is 2.29. The van der Waals surface area contributed by atoms with Crippen LogP contribution in [0.3, 0.4) is 0 Å². The molecule has 0 spiro atoms. The first-order valence-corrected chi connectivity index (χ1v) is 10.8. The SMILES string of the molecule is O=C(c1cc(-c2ccco2)nc2ccccc12)N1CCCC(c2nnc3ccccn23)C1. The van der Waals surface area contributed by atoms with E-state index in [9.17, 15) is 4.79 Å². The smallest absolute Gasteiger partial charge is 0.254 e. The first-order valence-electron chi connectivity index (χ1n) is 10.8. The minimum atomic E-state index is 0.00919. The molecule has 0 bridgehead atoms. The van der Waals surface area contributed by atoms with Crippen LogP contribution in [0.25, 0.3) is 28.0 Å². The van der Waals surface area contributed by atoms with E-state index in [1.807, 2.05) is 76.2 Å². The first kappa shape index (κ1) is 18.7. The molecule has 5 aromatic rings. The second-order valence-electron chi connectivity index (χ2n) is 8.13. The number of fused-ring (bicyclic) bond motifs is 2. The molecule has 0 saturated carbocycles. The number of amides is 1. The van der Waals surface area contributed by atoms with Crippen molar-refractivity contribution in [3.8, 4) is 11.5 Å². The van der Waals surface area contributed by atoms with Crippen LogP contribution in [0, 0.1) is 0 Å². The van der Waals surface area contributed by atoms with E-state index in [1.54, 1.807) is 6.26 Å². The quantitative estimate of drug-likeness (QED) is 0.425. The summed E-state index contributed by atoms with van der Waals surface area (Å²) < 4.78 is 7.57. The van der Waals surface area contributed by atoms with E-state index >= 15 is 0 Å². The molecular weight excluding hydrogens is 402 g/mol. The maximum absolute atomic E-state index is 13.7. The average Bonchev–Trinajstić information content (AvgIpc) is 3.53. The highest BCUT2D eigenvalue weighted by Crippen LogP contribution is 2.30. The molecule has 7 nitrogen and oxygen atoms in total. The molecule has 158 valence electrons. The Bertz CT molecular complexity index is 1420. The third kappa shape index (κ3) is 3.13. The number of rotatable bonds is 3. The van der Waals surface area contributed by atoms with Gasteiger partial charge in [0.05, 0.1) is 17.3 Å². The number of piperidine rings is 1. The van der Waals surface area contributed by atoms with Crippen molar-refractivity contribution in [3.05, 3.63) is 84.5 Å². The Morgan fingerprint density at radius 2 is 1.94 bits per heavy atom. The fraction of sp³-hybridized carbons (Fsp3) is 0.200. The number of hydrogen-bond donors (Lipinski definition) is 0. The van der Waals surface area contributed by atoms with Crippen LogP contribution in [-0.2, 0) is 0 Å². The van der Waals surface area contributed by atoms with Crippen LogP contribution in [-0.4, -0.2) is 43.5 Å². The Morgan fingerprint density at radius 3 is 2.84 bits per heavy atom. The maximum atomic E-state index is 13.7. The minimum Gasteiger partial charge on any atom is -0.463 e. The van der Waals surface area contributed by atoms with Crippen molar-refractivity contribution in [2.45, 2.75) is 18.8 Å². The third-order valence-electron chi connectivity index (χ3n) is 6.13. The van der Waals surface area contributed by atoms with Gasteiger partial charge in [0.2, 0.25) is 0 Å². The van der Waals surface area contributed by atoms with Crippen molar-refractivity contribution >= 4 is 22.5 Å². The van der Waals surface area contributed by atoms with Gasteiger partial charge in [-0.3, -0.25) is 9.20 Å². The summed E-state index contributed by atoms with van der Waals surface area (Å²) in [5.74, 6) is 1.71. The minimum absolute atomic E-state index is 0.00919. The number of furan rings is 1. The van der Waals surface area contributed by atoms with Crippen LogP contribution in [0.1, 0.15) is 34.9 Å². The van der Waals surface area contributed by atoms with Gasteiger partial charge in [0, 0.05) is 30.6 Å². The number of benzene rings is 1. The number of carbonyl (C=O) groups is 1. The molecule has 1 aliphatic heterocycles. The summed E-state index contributed by atoms with van der Waals surface area (Å²) in [5, 5.41) is 9.58. The van der Waals surface area contributed by atoms with E-state index in [4.69, 9.17) is 9.40 Å². The van der Waals surface area contributed by atoms with Crippen LogP contribution in [0.15, 0.2) is 77.5 Å². The summed E-state index contributed by atoms with van der Waals surface area (Å²) in [6.07, 6.45) is 5.50. The first-order chi connectivity index (χ1) is 15.8. The van der Waals surface area contributed by atoms with E-state index < -0.39 is 0 Å². The van der Waals surface area contributed by atoms with Crippen LogP contribution in [0.5, 0.6) is 0 Å². The topological polar surface area (TPSA) is 76.5 Å². The number of para-hydroxylation sites is 1. The van der Waals surface area contributed by atoms with E-state index in [1.165, 1.54) is 0 Å². The molecule has 0 N–H and O–H groups in total. The Balaban J connectivity index is 1.37. The second kappa shape index (κ2) is 7.60. The average molecular weight is 423 g/mol. The second-order valence-corrected chi connectivity index (χ2v) is 8.13. The van der Waals surface area contributed by atoms with Gasteiger partial charge in [0.15, 0.2) is 11.4 Å². The summed E-state index contributed by atoms with van der Waals surface area (Å²) in [6, 6.07) is 19.2. The molecule has 0 aliphatic carbocycles. The lowest BCUT2D eigenvalue weighted by Gasteiger charge is -2.32. The van der Waals surface area contributed by atoms with E-state index in [2.05, 4.69) is 10.2 Å². The van der Waals surface area contributed by atoms with Crippen LogP contribution >= 0.6 is 0 Å². The largest absolute Gasteiger partial charge is 0.463 e. The molecule has 32 heavy (non-hydrogen) atoms. The van der Waals surface area contributed by atoms with Crippen molar-refractivity contribution in [1.29, 1.82) is 0 Å². The molecule has 1 unspecified atom stereocenters. The van der Waals surface area contributed by atoms with Crippen molar-refractivity contribution < 1.29 is 9.21 Å². The molecule has 1 saturated heterocycles. The molecule has 4 aromatic heterocycles. The molecule has 1 atom stereocenters.